The number of hydrogen-bond acceptors (Lipinski definition) is 7. The SMILES string of the molecule is C=C(/C=C\C(=C)N(C)CCN(C)C)Nc1nccc(-c2cc3c(o2)CCN(Cc2ccccc2)C3)n1. The molecule has 0 amide bonds. The highest BCUT2D eigenvalue weighted by atomic mass is 16.3. The molecular formula is C29H36N6O. The Morgan fingerprint density at radius 3 is 2.69 bits per heavy atom. The van der Waals surface area contributed by atoms with Gasteiger partial charge in [-0.1, -0.05) is 43.5 Å². The van der Waals surface area contributed by atoms with Gasteiger partial charge in [-0.05, 0) is 43.9 Å². The van der Waals surface area contributed by atoms with E-state index in [2.05, 4.69) is 93.6 Å². The van der Waals surface area contributed by atoms with Crippen LogP contribution < -0.4 is 5.32 Å². The maximum absolute atomic E-state index is 6.19. The first-order chi connectivity index (χ1) is 17.4. The van der Waals surface area contributed by atoms with Crippen molar-refractivity contribution in [2.45, 2.75) is 19.5 Å². The second-order valence-electron chi connectivity index (χ2n) is 9.47. The summed E-state index contributed by atoms with van der Waals surface area (Å²) in [7, 11) is 6.15. The van der Waals surface area contributed by atoms with E-state index in [-0.39, 0.29) is 0 Å². The zero-order valence-electron chi connectivity index (χ0n) is 21.6. The molecule has 0 saturated heterocycles. The minimum atomic E-state index is 0.480. The van der Waals surface area contributed by atoms with E-state index in [9.17, 15) is 0 Å². The standard InChI is InChI=1S/C29H36N6O/c1-22(11-12-23(2)34(5)18-17-33(3)4)31-29-30-15-13-26(32-29)28-19-25-21-35(16-14-27(25)36-28)20-24-9-7-6-8-10-24/h6-13,15,19H,1-2,14,16-18,20-21H2,3-5H3,(H,30,31,32)/b12-11-. The number of hydrogen-bond donors (Lipinski definition) is 1. The van der Waals surface area contributed by atoms with Gasteiger partial charge in [0.25, 0.3) is 0 Å². The lowest BCUT2D eigenvalue weighted by Crippen LogP contribution is -2.29. The van der Waals surface area contributed by atoms with Gasteiger partial charge in [-0.15, -0.1) is 0 Å². The number of rotatable bonds is 11. The van der Waals surface area contributed by atoms with E-state index in [4.69, 9.17) is 4.42 Å². The molecule has 0 fully saturated rings. The van der Waals surface area contributed by atoms with Crippen LogP contribution in [0.5, 0.6) is 0 Å². The summed E-state index contributed by atoms with van der Waals surface area (Å²) in [5.74, 6) is 2.30. The van der Waals surface area contributed by atoms with Crippen molar-refractivity contribution in [2.24, 2.45) is 0 Å². The minimum absolute atomic E-state index is 0.480. The third-order valence-corrected chi connectivity index (χ3v) is 6.22. The maximum atomic E-state index is 6.19. The number of nitrogens with zero attached hydrogens (tertiary/aromatic N) is 5. The molecule has 188 valence electrons. The van der Waals surface area contributed by atoms with Crippen molar-refractivity contribution in [2.75, 3.05) is 46.1 Å². The monoisotopic (exact) mass is 484 g/mol. The number of likely N-dealkylation sites (N-methyl/N-ethyl adjacent to an activating group) is 2. The van der Waals surface area contributed by atoms with Crippen LogP contribution in [0.3, 0.4) is 0 Å². The molecule has 4 rings (SSSR count). The van der Waals surface area contributed by atoms with E-state index in [1.165, 1.54) is 11.1 Å². The maximum Gasteiger partial charge on any atom is 0.227 e. The van der Waals surface area contributed by atoms with Gasteiger partial charge in [0.1, 0.15) is 11.5 Å². The van der Waals surface area contributed by atoms with Crippen LogP contribution in [-0.4, -0.2) is 65.4 Å². The van der Waals surface area contributed by atoms with Gasteiger partial charge in [0.2, 0.25) is 5.95 Å². The van der Waals surface area contributed by atoms with Crippen molar-refractivity contribution >= 4 is 5.95 Å². The van der Waals surface area contributed by atoms with E-state index in [0.717, 1.165) is 62.1 Å². The minimum Gasteiger partial charge on any atom is -0.459 e. The third-order valence-electron chi connectivity index (χ3n) is 6.22. The number of allylic oxidation sites excluding steroid dienone is 2. The van der Waals surface area contributed by atoms with Gasteiger partial charge in [0.15, 0.2) is 5.76 Å². The second-order valence-corrected chi connectivity index (χ2v) is 9.47. The molecule has 1 N–H and O–H groups in total. The summed E-state index contributed by atoms with van der Waals surface area (Å²) in [4.78, 5) is 15.7. The highest BCUT2D eigenvalue weighted by Gasteiger charge is 2.22. The lowest BCUT2D eigenvalue weighted by Gasteiger charge is -2.25. The Bertz CT molecular complexity index is 1210. The molecular weight excluding hydrogens is 448 g/mol. The van der Waals surface area contributed by atoms with Crippen LogP contribution in [-0.2, 0) is 19.5 Å². The predicted molar refractivity (Wildman–Crippen MR) is 146 cm³/mol. The Hall–Kier alpha value is -3.68. The van der Waals surface area contributed by atoms with Gasteiger partial charge in [0.05, 0.1) is 0 Å². The fraction of sp³-hybridized carbons (Fsp3) is 0.310. The summed E-state index contributed by atoms with van der Waals surface area (Å²) in [6.45, 7) is 12.9. The summed E-state index contributed by atoms with van der Waals surface area (Å²) in [6.07, 6.45) is 6.46. The van der Waals surface area contributed by atoms with Crippen molar-refractivity contribution in [3.8, 4) is 11.5 Å². The highest BCUT2D eigenvalue weighted by molar-refractivity contribution is 5.56. The Morgan fingerprint density at radius 1 is 1.11 bits per heavy atom. The average molecular weight is 485 g/mol. The zero-order chi connectivity index (χ0) is 25.5. The molecule has 0 unspecified atom stereocenters. The summed E-state index contributed by atoms with van der Waals surface area (Å²) < 4.78 is 6.19. The van der Waals surface area contributed by atoms with Crippen LogP contribution in [0.1, 0.15) is 16.9 Å². The van der Waals surface area contributed by atoms with Crippen molar-refractivity contribution in [1.82, 2.24) is 24.7 Å². The number of aromatic nitrogens is 2. The summed E-state index contributed by atoms with van der Waals surface area (Å²) in [6, 6.07) is 14.6. The normalized spacial score (nSPS) is 13.7. The van der Waals surface area contributed by atoms with E-state index >= 15 is 0 Å². The van der Waals surface area contributed by atoms with Crippen LogP contribution in [0.15, 0.2) is 89.8 Å². The third kappa shape index (κ3) is 6.93. The van der Waals surface area contributed by atoms with E-state index in [1.54, 1.807) is 6.20 Å². The van der Waals surface area contributed by atoms with Gasteiger partial charge < -0.3 is 19.5 Å². The molecule has 3 heterocycles. The molecule has 7 nitrogen and oxygen atoms in total. The van der Waals surface area contributed by atoms with Gasteiger partial charge in [-0.2, -0.15) is 0 Å². The van der Waals surface area contributed by atoms with Gasteiger partial charge >= 0.3 is 0 Å². The van der Waals surface area contributed by atoms with Crippen LogP contribution in [0.2, 0.25) is 0 Å². The predicted octanol–water partition coefficient (Wildman–Crippen LogP) is 4.78. The molecule has 0 aliphatic carbocycles. The Balaban J connectivity index is 1.36. The van der Waals surface area contributed by atoms with Crippen LogP contribution in [0.4, 0.5) is 5.95 Å². The average Bonchev–Trinajstić information content (AvgIpc) is 3.30. The van der Waals surface area contributed by atoms with Crippen LogP contribution in [0, 0.1) is 0 Å². The first-order valence-electron chi connectivity index (χ1n) is 12.3. The molecule has 36 heavy (non-hydrogen) atoms. The second kappa shape index (κ2) is 11.8. The summed E-state index contributed by atoms with van der Waals surface area (Å²) in [5, 5.41) is 3.17. The highest BCUT2D eigenvalue weighted by Crippen LogP contribution is 2.29. The Kier molecular flexibility index (Phi) is 8.36. The number of anilines is 1. The van der Waals surface area contributed by atoms with Crippen LogP contribution >= 0.6 is 0 Å². The molecule has 7 heteroatoms. The molecule has 1 aliphatic rings. The largest absolute Gasteiger partial charge is 0.459 e. The van der Waals surface area contributed by atoms with Crippen molar-refractivity contribution in [3.63, 3.8) is 0 Å². The Labute approximate surface area is 214 Å². The number of fused-ring (bicyclic) bond motifs is 1. The number of benzene rings is 1. The van der Waals surface area contributed by atoms with Gasteiger partial charge in [0, 0.05) is 69.3 Å². The van der Waals surface area contributed by atoms with E-state index < -0.39 is 0 Å². The van der Waals surface area contributed by atoms with Crippen LogP contribution in [0.25, 0.3) is 11.5 Å². The van der Waals surface area contributed by atoms with Gasteiger partial charge in [-0.25, -0.2) is 9.97 Å². The molecule has 0 bridgehead atoms. The van der Waals surface area contributed by atoms with Gasteiger partial charge in [-0.3, -0.25) is 4.90 Å². The van der Waals surface area contributed by atoms with Crippen molar-refractivity contribution < 1.29 is 4.42 Å². The first-order valence-corrected chi connectivity index (χ1v) is 12.3. The molecule has 2 aromatic heterocycles. The first kappa shape index (κ1) is 25.4. The smallest absolute Gasteiger partial charge is 0.227 e. The zero-order valence-corrected chi connectivity index (χ0v) is 21.6. The summed E-state index contributed by atoms with van der Waals surface area (Å²) >= 11 is 0. The summed E-state index contributed by atoms with van der Waals surface area (Å²) in [5.41, 5.74) is 4.90. The molecule has 0 radical (unpaired) electrons. The topological polar surface area (TPSA) is 60.7 Å². The van der Waals surface area contributed by atoms with E-state index in [0.29, 0.717) is 11.6 Å². The quantitative estimate of drug-likeness (QED) is 0.393. The van der Waals surface area contributed by atoms with E-state index in [1.807, 2.05) is 25.3 Å². The molecule has 1 aliphatic heterocycles. The molecule has 0 saturated carbocycles. The van der Waals surface area contributed by atoms with Crippen molar-refractivity contribution in [3.05, 3.63) is 102 Å². The van der Waals surface area contributed by atoms with Crippen molar-refractivity contribution in [1.29, 1.82) is 0 Å². The lowest BCUT2D eigenvalue weighted by molar-refractivity contribution is 0.234. The molecule has 0 spiro atoms. The molecule has 0 atom stereocenters. The lowest BCUT2D eigenvalue weighted by atomic mass is 10.1. The fourth-order valence-corrected chi connectivity index (χ4v) is 4.05. The number of furan rings is 1. The number of nitrogens with one attached hydrogen (secondary N) is 1. The molecule has 1 aromatic carbocycles. The molecule has 3 aromatic rings. The fourth-order valence-electron chi connectivity index (χ4n) is 4.05. The Morgan fingerprint density at radius 2 is 1.92 bits per heavy atom.